The number of benzene rings is 6. The summed E-state index contributed by atoms with van der Waals surface area (Å²) in [5.41, 5.74) is 0. The summed E-state index contributed by atoms with van der Waals surface area (Å²) >= 11 is 29.6. The Morgan fingerprint density at radius 1 is 0.250 bits per heavy atom. The van der Waals surface area contributed by atoms with Crippen LogP contribution in [0.15, 0.2) is 182 Å². The quantitative estimate of drug-likeness (QED) is 0.0276. The van der Waals surface area contributed by atoms with E-state index >= 15 is 0 Å². The first-order chi connectivity index (χ1) is 47.4. The fourth-order valence-corrected chi connectivity index (χ4v) is 11.6. The average molecular weight is 1830 g/mol. The van der Waals surface area contributed by atoms with Crippen LogP contribution in [0.3, 0.4) is 0 Å². The van der Waals surface area contributed by atoms with Gasteiger partial charge in [-0.05, 0) is 100 Å². The van der Waals surface area contributed by atoms with Gasteiger partial charge in [0.15, 0.2) is 14.1 Å². The molecule has 0 saturated carbocycles. The van der Waals surface area contributed by atoms with Gasteiger partial charge in [0.1, 0.15) is 0 Å². The van der Waals surface area contributed by atoms with Crippen LogP contribution in [-0.2, 0) is 47.4 Å². The minimum absolute atomic E-state index is 0. The summed E-state index contributed by atoms with van der Waals surface area (Å²) in [5, 5.41) is 88.9. The Hall–Kier alpha value is -3.54. The molecular weight excluding hydrogens is 1740 g/mol. The second-order valence-electron chi connectivity index (χ2n) is 15.7. The molecule has 6 aromatic rings. The largest absolute Gasteiger partial charge is 3.00 e. The standard InChI is InChI=1S/2C18H16NP.4C4H10O2.2C4H10O.8CNS.2Sm/c2*19-20(16-10-4-1-5-11-16,17-12-6-2-7-13-17)18-14-8-3-9-15-18;4*1-5-3-4-6-2;2*1-3-5-4-2;8*2-1-3;;/h2*1-15,19H;4*3-4H2,1-2H3;2*3-4H2,1-2H3;;;;;;;;;;/q;;;;;;;;8*-1;2*+3/p+2. The molecule has 0 aromatic heterocycles. The van der Waals surface area contributed by atoms with E-state index in [-0.39, 0.29) is 80.8 Å². The number of thiocarbonyl (C=S) groups is 8. The van der Waals surface area contributed by atoms with Gasteiger partial charge in [0.25, 0.3) is 0 Å². The fourth-order valence-electron chi connectivity index (χ4n) is 5.95. The van der Waals surface area contributed by atoms with Gasteiger partial charge in [0.2, 0.25) is 0 Å². The molecule has 4 N–H and O–H groups in total. The molecule has 0 heterocycles. The topological polar surface area (TPSA) is 322 Å². The van der Waals surface area contributed by atoms with Gasteiger partial charge in [-0.25, -0.2) is 0 Å². The van der Waals surface area contributed by atoms with Crippen molar-refractivity contribution < 1.29 is 138 Å². The molecule has 0 fully saturated rings. The van der Waals surface area contributed by atoms with E-state index in [1.54, 1.807) is 56.9 Å². The number of ether oxygens (including phenoxy) is 10. The molecular formula is C68H94N10O10P2S8Sm2. The van der Waals surface area contributed by atoms with Gasteiger partial charge >= 0.3 is 80.8 Å². The maximum atomic E-state index is 7.13. The third kappa shape index (κ3) is 88.7. The van der Waals surface area contributed by atoms with Crippen molar-refractivity contribution in [3.63, 3.8) is 0 Å². The average Bonchev–Trinajstić information content (AvgIpc) is 0.787. The van der Waals surface area contributed by atoms with E-state index in [1.165, 1.54) is 73.1 Å². The van der Waals surface area contributed by atoms with Crippen molar-refractivity contribution in [3.05, 3.63) is 225 Å². The molecule has 0 aliphatic heterocycles. The van der Waals surface area contributed by atoms with Crippen LogP contribution in [0.4, 0.5) is 0 Å². The molecule has 0 saturated heterocycles. The molecule has 0 aliphatic carbocycles. The predicted molar refractivity (Wildman–Crippen MR) is 441 cm³/mol. The Morgan fingerprint density at radius 2 is 0.340 bits per heavy atom. The van der Waals surface area contributed by atoms with Crippen LogP contribution >= 0.6 is 112 Å². The minimum Gasteiger partial charge on any atom is -0.753 e. The first kappa shape index (κ1) is 123. The Kier molecular flexibility index (Phi) is 140. The molecule has 0 atom stereocenters. The van der Waals surface area contributed by atoms with Gasteiger partial charge in [-0.1, -0.05) is 207 Å². The van der Waals surface area contributed by atoms with Gasteiger partial charge in [0.05, 0.1) is 52.9 Å². The second kappa shape index (κ2) is 114. The number of nitrogens with two attached hydrogens (primary N) is 2. The van der Waals surface area contributed by atoms with Crippen LogP contribution in [0.2, 0.25) is 0 Å². The van der Waals surface area contributed by atoms with Crippen LogP contribution in [0, 0.1) is 80.8 Å². The Labute approximate surface area is 704 Å². The summed E-state index contributed by atoms with van der Waals surface area (Å²) in [6.45, 7) is 16.9. The number of nitrogens with zero attached hydrogens (tertiary/aromatic N) is 8. The van der Waals surface area contributed by atoms with Crippen LogP contribution in [0.5, 0.6) is 0 Å². The summed E-state index contributed by atoms with van der Waals surface area (Å²) in [6, 6.07) is 62.5. The van der Waals surface area contributed by atoms with Crippen molar-refractivity contribution in [2.75, 3.05) is 136 Å². The fraction of sp³-hybridized carbons (Fsp3) is 0.353. The van der Waals surface area contributed by atoms with Crippen LogP contribution < -0.4 is 42.2 Å². The van der Waals surface area contributed by atoms with Crippen LogP contribution in [0.25, 0.3) is 43.3 Å². The SMILES string of the molecule is CCOCC.CCOCC.COCCOC.COCCOC.COCCOC.COCCOC.[N-]=C=S.[N-]=C=S.[N-]=C=S.[N-]=C=S.[N-]=C=S.[N-]=C=S.[N-]=C=S.[N-]=C=S.[NH2+]=P(c1ccccc1)(c1ccccc1)c1ccccc1.[NH2+]=P(c1ccccc1)(c1ccccc1)c1ccccc1.[Sm+3].[Sm+3]. The third-order valence-corrected chi connectivity index (χ3v) is 16.4. The zero-order chi connectivity index (χ0) is 76.9. The van der Waals surface area contributed by atoms with Crippen molar-refractivity contribution in [2.24, 2.45) is 0 Å². The number of rotatable bonds is 22. The van der Waals surface area contributed by atoms with Gasteiger partial charge in [-0.15, -0.1) is 0 Å². The number of isothiocyanates is 8. The van der Waals surface area contributed by atoms with E-state index in [1.807, 2.05) is 64.1 Å². The van der Waals surface area contributed by atoms with Crippen molar-refractivity contribution in [1.29, 1.82) is 0 Å². The molecule has 100 heavy (non-hydrogen) atoms. The minimum atomic E-state index is -2.03. The molecule has 32 heteroatoms. The third-order valence-electron chi connectivity index (χ3n) is 9.76. The first-order valence-electron chi connectivity index (χ1n) is 28.3. The van der Waals surface area contributed by atoms with Crippen LogP contribution in [-0.4, -0.2) is 177 Å². The Balaban J connectivity index is -0.0000000890. The van der Waals surface area contributed by atoms with Crippen molar-refractivity contribution in [2.45, 2.75) is 27.7 Å². The van der Waals surface area contributed by atoms with Gasteiger partial charge in [0, 0.05) is 115 Å². The first-order valence-corrected chi connectivity index (χ1v) is 35.3. The molecule has 0 aliphatic rings. The van der Waals surface area contributed by atoms with E-state index in [2.05, 4.69) is 281 Å². The summed E-state index contributed by atoms with van der Waals surface area (Å²) in [6.07, 6.45) is 0. The van der Waals surface area contributed by atoms with Gasteiger partial charge in [-0.3, -0.25) is 10.3 Å². The van der Waals surface area contributed by atoms with E-state index in [0.29, 0.717) is 52.9 Å². The van der Waals surface area contributed by atoms with Gasteiger partial charge in [-0.2, -0.15) is 41.3 Å². The molecule has 546 valence electrons. The molecule has 6 rings (SSSR count). The molecule has 0 unspecified atom stereocenters. The second-order valence-corrected chi connectivity index (χ2v) is 23.1. The molecule has 0 bridgehead atoms. The van der Waals surface area contributed by atoms with Crippen LogP contribution in [0.1, 0.15) is 27.7 Å². The zero-order valence-corrected chi connectivity index (χ0v) is 72.2. The monoisotopic (exact) mass is 1830 g/mol. The zero-order valence-electron chi connectivity index (χ0n) is 58.6. The number of methoxy groups -OCH3 is 8. The molecule has 0 amide bonds. The van der Waals surface area contributed by atoms with Crippen molar-refractivity contribution >= 4 is 185 Å². The van der Waals surface area contributed by atoms with E-state index in [9.17, 15) is 0 Å². The van der Waals surface area contributed by atoms with E-state index < -0.39 is 14.1 Å². The Morgan fingerprint density at radius 3 is 0.400 bits per heavy atom. The summed E-state index contributed by atoms with van der Waals surface area (Å²) in [5.74, 6) is 0. The maximum absolute atomic E-state index is 7.13. The predicted octanol–water partition coefficient (Wildman–Crippen LogP) is 12.3. The van der Waals surface area contributed by atoms with Gasteiger partial charge < -0.3 is 90.6 Å². The molecule has 2 radical (unpaired) electrons. The normalized spacial score (nSPS) is 8.12. The number of hydrogen-bond acceptors (Lipinski definition) is 18. The molecule has 6 aromatic carbocycles. The summed E-state index contributed by atoms with van der Waals surface area (Å²) in [4.78, 5) is 0. The summed E-state index contributed by atoms with van der Waals surface area (Å²) < 4.78 is 46.9. The van der Waals surface area contributed by atoms with Crippen molar-refractivity contribution in [3.8, 4) is 0 Å². The summed E-state index contributed by atoms with van der Waals surface area (Å²) in [7, 11) is 9.16. The number of hydrogen-bond donors (Lipinski definition) is 2. The molecule has 20 nitrogen and oxygen atoms in total. The van der Waals surface area contributed by atoms with E-state index in [4.69, 9.17) is 63.1 Å². The van der Waals surface area contributed by atoms with Crippen molar-refractivity contribution in [1.82, 2.24) is 0 Å². The smallest absolute Gasteiger partial charge is 0.753 e. The Bertz CT molecular complexity index is 2450. The molecule has 0 spiro atoms. The van der Waals surface area contributed by atoms with E-state index in [0.717, 1.165) is 26.4 Å². The maximum Gasteiger partial charge on any atom is 3.00 e.